The second-order valence-corrected chi connectivity index (χ2v) is 6.08. The lowest BCUT2D eigenvalue weighted by molar-refractivity contribution is 0.0932. The Morgan fingerprint density at radius 2 is 1.81 bits per heavy atom. The number of rotatable bonds is 6. The van der Waals surface area contributed by atoms with Gasteiger partial charge in [-0.1, -0.05) is 36.4 Å². The zero-order valence-corrected chi connectivity index (χ0v) is 14.5. The first-order valence-corrected chi connectivity index (χ1v) is 8.58. The van der Waals surface area contributed by atoms with Gasteiger partial charge in [0.25, 0.3) is 5.91 Å². The van der Waals surface area contributed by atoms with E-state index >= 15 is 0 Å². The van der Waals surface area contributed by atoms with E-state index < -0.39 is 0 Å². The smallest absolute Gasteiger partial charge is 0.251 e. The summed E-state index contributed by atoms with van der Waals surface area (Å²) in [6.45, 7) is 0.549. The molecule has 4 rings (SSSR count). The lowest BCUT2D eigenvalue weighted by Gasteiger charge is -2.19. The van der Waals surface area contributed by atoms with Gasteiger partial charge in [-0.25, -0.2) is 0 Å². The number of nitrogens with one attached hydrogen (secondary N) is 1. The third-order valence-electron chi connectivity index (χ3n) is 4.26. The molecule has 2 aromatic carbocycles. The molecule has 2 heterocycles. The molecule has 7 nitrogen and oxygen atoms in total. The van der Waals surface area contributed by atoms with Crippen molar-refractivity contribution in [3.8, 4) is 5.69 Å². The van der Waals surface area contributed by atoms with E-state index in [9.17, 15) is 4.79 Å². The van der Waals surface area contributed by atoms with Crippen molar-refractivity contribution in [1.82, 2.24) is 29.9 Å². The van der Waals surface area contributed by atoms with Crippen LogP contribution in [0, 0.1) is 0 Å². The summed E-state index contributed by atoms with van der Waals surface area (Å²) in [4.78, 5) is 12.9. The normalized spacial score (nSPS) is 11.9. The van der Waals surface area contributed by atoms with Gasteiger partial charge in [0.05, 0.1) is 12.6 Å². The third kappa shape index (κ3) is 3.92. The van der Waals surface area contributed by atoms with Crippen molar-refractivity contribution in [3.63, 3.8) is 0 Å². The predicted molar refractivity (Wildman–Crippen MR) is 100 cm³/mol. The maximum Gasteiger partial charge on any atom is 0.251 e. The van der Waals surface area contributed by atoms with Gasteiger partial charge in [-0.3, -0.25) is 14.0 Å². The Labute approximate surface area is 156 Å². The Morgan fingerprint density at radius 1 is 1.00 bits per heavy atom. The molecular weight excluding hydrogens is 340 g/mol. The first-order valence-electron chi connectivity index (χ1n) is 8.58. The molecule has 0 aliphatic heterocycles. The quantitative estimate of drug-likeness (QED) is 0.575. The summed E-state index contributed by atoms with van der Waals surface area (Å²) in [5.41, 5.74) is 2.43. The molecule has 1 atom stereocenters. The second-order valence-electron chi connectivity index (χ2n) is 6.08. The van der Waals surface area contributed by atoms with Gasteiger partial charge in [-0.2, -0.15) is 5.10 Å². The van der Waals surface area contributed by atoms with Crippen molar-refractivity contribution in [3.05, 3.63) is 96.8 Å². The summed E-state index contributed by atoms with van der Waals surface area (Å²) in [5.74, 6) is -0.147. The van der Waals surface area contributed by atoms with Crippen LogP contribution < -0.4 is 5.32 Å². The Bertz CT molecular complexity index is 996. The van der Waals surface area contributed by atoms with Crippen LogP contribution in [0.4, 0.5) is 0 Å². The predicted octanol–water partition coefficient (Wildman–Crippen LogP) is 2.64. The minimum atomic E-state index is -0.197. The van der Waals surface area contributed by atoms with Crippen LogP contribution >= 0.6 is 0 Å². The van der Waals surface area contributed by atoms with Crippen LogP contribution in [0.5, 0.6) is 0 Å². The highest BCUT2D eigenvalue weighted by Crippen LogP contribution is 2.17. The molecule has 0 bridgehead atoms. The van der Waals surface area contributed by atoms with E-state index in [1.54, 1.807) is 29.5 Å². The van der Waals surface area contributed by atoms with E-state index in [4.69, 9.17) is 0 Å². The third-order valence-corrected chi connectivity index (χ3v) is 4.26. The first-order chi connectivity index (χ1) is 13.3. The molecule has 0 fully saturated rings. The number of benzene rings is 2. The van der Waals surface area contributed by atoms with Crippen LogP contribution in [0.15, 0.2) is 85.7 Å². The summed E-state index contributed by atoms with van der Waals surface area (Å²) in [6, 6.07) is 18.9. The standard InChI is InChI=1S/C20H18N6O/c27-20(17-8-4-9-18(12-17)25-14-21-22-15-25)24-19(13-26-11-5-10-23-26)16-6-2-1-3-7-16/h1-12,14-15,19H,13H2,(H,24,27)/t19-/m1/s1. The molecule has 2 aromatic heterocycles. The maximum atomic E-state index is 12.9. The number of hydrogen-bond donors (Lipinski definition) is 1. The van der Waals surface area contributed by atoms with Crippen LogP contribution in [0.1, 0.15) is 22.0 Å². The maximum absolute atomic E-state index is 12.9. The van der Waals surface area contributed by atoms with Crippen molar-refractivity contribution < 1.29 is 4.79 Å². The van der Waals surface area contributed by atoms with Crippen LogP contribution in [0.25, 0.3) is 5.69 Å². The number of hydrogen-bond acceptors (Lipinski definition) is 4. The van der Waals surface area contributed by atoms with Crippen LogP contribution in [0.3, 0.4) is 0 Å². The van der Waals surface area contributed by atoms with Gasteiger partial charge in [0.2, 0.25) is 0 Å². The molecule has 27 heavy (non-hydrogen) atoms. The van der Waals surface area contributed by atoms with E-state index in [0.717, 1.165) is 11.3 Å². The molecule has 134 valence electrons. The second kappa shape index (κ2) is 7.65. The number of nitrogens with zero attached hydrogens (tertiary/aromatic N) is 5. The molecular formula is C20H18N6O. The number of carbonyl (C=O) groups is 1. The minimum absolute atomic E-state index is 0.147. The molecule has 4 aromatic rings. The summed E-state index contributed by atoms with van der Waals surface area (Å²) in [6.07, 6.45) is 6.81. The topological polar surface area (TPSA) is 77.6 Å². The monoisotopic (exact) mass is 358 g/mol. The SMILES string of the molecule is O=C(N[C@H](Cn1cccn1)c1ccccc1)c1cccc(-n2cnnc2)c1. The van der Waals surface area contributed by atoms with Gasteiger partial charge < -0.3 is 5.32 Å². The van der Waals surface area contributed by atoms with Crippen LogP contribution in [-0.2, 0) is 6.54 Å². The zero-order valence-electron chi connectivity index (χ0n) is 14.5. The van der Waals surface area contributed by atoms with E-state index in [1.165, 1.54) is 0 Å². The molecule has 0 saturated heterocycles. The fourth-order valence-electron chi connectivity index (χ4n) is 2.90. The highest BCUT2D eigenvalue weighted by atomic mass is 16.1. The lowest BCUT2D eigenvalue weighted by Crippen LogP contribution is -2.31. The van der Waals surface area contributed by atoms with Gasteiger partial charge in [0.15, 0.2) is 0 Å². The number of aromatic nitrogens is 5. The van der Waals surface area contributed by atoms with Crippen molar-refractivity contribution in [2.45, 2.75) is 12.6 Å². The summed E-state index contributed by atoms with van der Waals surface area (Å²) < 4.78 is 3.57. The van der Waals surface area contributed by atoms with E-state index in [-0.39, 0.29) is 11.9 Å². The average Bonchev–Trinajstić information content (AvgIpc) is 3.42. The summed E-state index contributed by atoms with van der Waals surface area (Å²) >= 11 is 0. The minimum Gasteiger partial charge on any atom is -0.343 e. The zero-order chi connectivity index (χ0) is 18.5. The molecule has 7 heteroatoms. The van der Waals surface area contributed by atoms with E-state index in [2.05, 4.69) is 20.6 Å². The first kappa shape index (κ1) is 16.7. The van der Waals surface area contributed by atoms with Crippen molar-refractivity contribution in [2.75, 3.05) is 0 Å². The molecule has 1 amide bonds. The Kier molecular flexibility index (Phi) is 4.74. The molecule has 0 saturated carbocycles. The fraction of sp³-hybridized carbons (Fsp3) is 0.100. The summed E-state index contributed by atoms with van der Waals surface area (Å²) in [5, 5.41) is 15.0. The van der Waals surface area contributed by atoms with Crippen LogP contribution in [-0.4, -0.2) is 30.5 Å². The highest BCUT2D eigenvalue weighted by molar-refractivity contribution is 5.95. The molecule has 0 radical (unpaired) electrons. The van der Waals surface area contributed by atoms with Crippen molar-refractivity contribution in [1.29, 1.82) is 0 Å². The molecule has 1 N–H and O–H groups in total. The highest BCUT2D eigenvalue weighted by Gasteiger charge is 2.17. The molecule has 0 spiro atoms. The number of amides is 1. The summed E-state index contributed by atoms with van der Waals surface area (Å²) in [7, 11) is 0. The fourth-order valence-corrected chi connectivity index (χ4v) is 2.90. The van der Waals surface area contributed by atoms with Gasteiger partial charge >= 0.3 is 0 Å². The Morgan fingerprint density at radius 3 is 2.56 bits per heavy atom. The van der Waals surface area contributed by atoms with Gasteiger partial charge in [0, 0.05) is 23.6 Å². The van der Waals surface area contributed by atoms with Crippen molar-refractivity contribution in [2.24, 2.45) is 0 Å². The van der Waals surface area contributed by atoms with E-state index in [1.807, 2.05) is 65.5 Å². The van der Waals surface area contributed by atoms with Crippen LogP contribution in [0.2, 0.25) is 0 Å². The van der Waals surface area contributed by atoms with Gasteiger partial charge in [0.1, 0.15) is 12.7 Å². The van der Waals surface area contributed by atoms with E-state index in [0.29, 0.717) is 12.1 Å². The molecule has 0 unspecified atom stereocenters. The number of carbonyl (C=O) groups excluding carboxylic acids is 1. The lowest BCUT2D eigenvalue weighted by atomic mass is 10.1. The Balaban J connectivity index is 1.57. The Hall–Kier alpha value is -3.74. The van der Waals surface area contributed by atoms with Gasteiger partial charge in [-0.05, 0) is 29.8 Å². The average molecular weight is 358 g/mol. The van der Waals surface area contributed by atoms with Crippen molar-refractivity contribution >= 4 is 5.91 Å². The largest absolute Gasteiger partial charge is 0.343 e. The molecule has 0 aliphatic carbocycles. The molecule has 0 aliphatic rings. The van der Waals surface area contributed by atoms with Gasteiger partial charge in [-0.15, -0.1) is 10.2 Å².